The van der Waals surface area contributed by atoms with Crippen molar-refractivity contribution in [1.82, 2.24) is 0 Å². The zero-order chi connectivity index (χ0) is 14.5. The molecule has 0 spiro atoms. The molecule has 2 aromatic rings. The van der Waals surface area contributed by atoms with Gasteiger partial charge >= 0.3 is 0 Å². The van der Waals surface area contributed by atoms with E-state index < -0.39 is 0 Å². The lowest BCUT2D eigenvalue weighted by Gasteiger charge is -2.13. The first-order valence-corrected chi connectivity index (χ1v) is 7.88. The fourth-order valence-corrected chi connectivity index (χ4v) is 3.24. The normalized spacial score (nSPS) is 12.4. The molecule has 0 amide bonds. The Bertz CT molecular complexity index is 572. The van der Waals surface area contributed by atoms with Crippen molar-refractivity contribution in [2.24, 2.45) is 5.73 Å². The second kappa shape index (κ2) is 7.32. The molecule has 0 saturated carbocycles. The summed E-state index contributed by atoms with van der Waals surface area (Å²) in [5, 5.41) is 1.12. The minimum Gasteiger partial charge on any atom is -0.327 e. The number of nitrogens with two attached hydrogens (primary N) is 1. The van der Waals surface area contributed by atoms with E-state index in [1.807, 2.05) is 24.3 Å². The Morgan fingerprint density at radius 1 is 1.05 bits per heavy atom. The fraction of sp³-hybridized carbons (Fsp3) is 0.200. The molecule has 0 aliphatic rings. The van der Waals surface area contributed by atoms with Crippen LogP contribution in [0.4, 0.5) is 4.39 Å². The average molecular weight is 330 g/mol. The molecule has 0 aromatic heterocycles. The Kier molecular flexibility index (Phi) is 5.73. The largest absolute Gasteiger partial charge is 0.327 e. The van der Waals surface area contributed by atoms with E-state index in [1.165, 1.54) is 6.07 Å². The van der Waals surface area contributed by atoms with Crippen molar-refractivity contribution in [3.63, 3.8) is 0 Å². The zero-order valence-corrected chi connectivity index (χ0v) is 13.0. The van der Waals surface area contributed by atoms with Crippen LogP contribution in [-0.4, -0.2) is 11.8 Å². The first-order valence-electron chi connectivity index (χ1n) is 6.13. The van der Waals surface area contributed by atoms with Crippen molar-refractivity contribution in [2.45, 2.75) is 17.4 Å². The molecular formula is C15H14Cl2FNS. The van der Waals surface area contributed by atoms with Gasteiger partial charge in [0.2, 0.25) is 0 Å². The molecule has 20 heavy (non-hydrogen) atoms. The van der Waals surface area contributed by atoms with Gasteiger partial charge in [-0.3, -0.25) is 0 Å². The third-order valence-electron chi connectivity index (χ3n) is 2.82. The summed E-state index contributed by atoms with van der Waals surface area (Å²) >= 11 is 13.6. The van der Waals surface area contributed by atoms with E-state index >= 15 is 0 Å². The maximum Gasteiger partial charge on any atom is 0.127 e. The summed E-state index contributed by atoms with van der Waals surface area (Å²) in [5.41, 5.74) is 6.53. The number of rotatable bonds is 5. The predicted octanol–water partition coefficient (Wildman–Crippen LogP) is 4.79. The highest BCUT2D eigenvalue weighted by atomic mass is 35.5. The molecule has 2 aromatic carbocycles. The van der Waals surface area contributed by atoms with Gasteiger partial charge in [-0.25, -0.2) is 4.39 Å². The van der Waals surface area contributed by atoms with Crippen LogP contribution in [0.1, 0.15) is 5.56 Å². The first kappa shape index (κ1) is 15.6. The van der Waals surface area contributed by atoms with Gasteiger partial charge in [-0.05, 0) is 30.7 Å². The van der Waals surface area contributed by atoms with Crippen molar-refractivity contribution < 1.29 is 4.39 Å². The smallest absolute Gasteiger partial charge is 0.127 e. The Hall–Kier alpha value is -0.740. The number of hydrogen-bond donors (Lipinski definition) is 1. The molecule has 0 aliphatic heterocycles. The van der Waals surface area contributed by atoms with E-state index in [9.17, 15) is 4.39 Å². The minimum atomic E-state index is -0.310. The second-order valence-electron chi connectivity index (χ2n) is 4.41. The number of thioether (sulfide) groups is 1. The Balaban J connectivity index is 1.96. The first-order chi connectivity index (χ1) is 9.58. The fourth-order valence-electron chi connectivity index (χ4n) is 1.81. The lowest BCUT2D eigenvalue weighted by Crippen LogP contribution is -2.26. The van der Waals surface area contributed by atoms with Crippen molar-refractivity contribution in [3.8, 4) is 0 Å². The van der Waals surface area contributed by atoms with Crippen LogP contribution in [0.2, 0.25) is 10.0 Å². The topological polar surface area (TPSA) is 26.0 Å². The molecule has 0 saturated heterocycles. The quantitative estimate of drug-likeness (QED) is 0.798. The summed E-state index contributed by atoms with van der Waals surface area (Å²) in [6.07, 6.45) is 0.406. The van der Waals surface area contributed by atoms with Gasteiger partial charge in [0.15, 0.2) is 0 Å². The van der Waals surface area contributed by atoms with Crippen LogP contribution in [0.15, 0.2) is 47.4 Å². The third kappa shape index (κ3) is 4.13. The van der Waals surface area contributed by atoms with Gasteiger partial charge in [-0.1, -0.05) is 41.4 Å². The molecule has 2 N–H and O–H groups in total. The Morgan fingerprint density at radius 2 is 1.75 bits per heavy atom. The van der Waals surface area contributed by atoms with E-state index in [0.717, 1.165) is 4.90 Å². The molecule has 5 heteroatoms. The van der Waals surface area contributed by atoms with Crippen LogP contribution in [0.5, 0.6) is 0 Å². The highest BCUT2D eigenvalue weighted by Gasteiger charge is 2.12. The molecule has 0 aliphatic carbocycles. The van der Waals surface area contributed by atoms with Crippen LogP contribution in [0.25, 0.3) is 0 Å². The SMILES string of the molecule is NC(CSc1ccccc1Cl)Cc1c(F)cccc1Cl. The van der Waals surface area contributed by atoms with Crippen LogP contribution >= 0.6 is 35.0 Å². The minimum absolute atomic E-state index is 0.189. The number of halogens is 3. The van der Waals surface area contributed by atoms with Crippen molar-refractivity contribution >= 4 is 35.0 Å². The van der Waals surface area contributed by atoms with Crippen LogP contribution < -0.4 is 5.73 Å². The van der Waals surface area contributed by atoms with Gasteiger partial charge in [0, 0.05) is 27.3 Å². The average Bonchev–Trinajstić information content (AvgIpc) is 2.42. The molecule has 1 atom stereocenters. The van der Waals surface area contributed by atoms with E-state index in [4.69, 9.17) is 28.9 Å². The number of benzene rings is 2. The van der Waals surface area contributed by atoms with Crippen molar-refractivity contribution in [1.29, 1.82) is 0 Å². The predicted molar refractivity (Wildman–Crippen MR) is 85.3 cm³/mol. The molecule has 0 bridgehead atoms. The maximum atomic E-state index is 13.7. The van der Waals surface area contributed by atoms with E-state index in [2.05, 4.69) is 0 Å². The van der Waals surface area contributed by atoms with Crippen molar-refractivity contribution in [2.75, 3.05) is 5.75 Å². The summed E-state index contributed by atoms with van der Waals surface area (Å²) in [7, 11) is 0. The molecular weight excluding hydrogens is 316 g/mol. The maximum absolute atomic E-state index is 13.7. The molecule has 1 unspecified atom stereocenters. The van der Waals surface area contributed by atoms with Gasteiger partial charge in [0.05, 0.1) is 5.02 Å². The molecule has 1 nitrogen and oxygen atoms in total. The summed E-state index contributed by atoms with van der Waals surface area (Å²) in [5.74, 6) is 0.338. The lowest BCUT2D eigenvalue weighted by atomic mass is 10.1. The second-order valence-corrected chi connectivity index (χ2v) is 6.28. The summed E-state index contributed by atoms with van der Waals surface area (Å²) in [4.78, 5) is 0.976. The Labute approximate surface area is 132 Å². The standard InChI is InChI=1S/C15H14Cl2FNS/c16-12-5-3-6-14(18)11(12)8-10(19)9-20-15-7-2-1-4-13(15)17/h1-7,10H,8-9,19H2. The number of hydrogen-bond acceptors (Lipinski definition) is 2. The lowest BCUT2D eigenvalue weighted by molar-refractivity contribution is 0.597. The van der Waals surface area contributed by atoms with Gasteiger partial charge < -0.3 is 5.73 Å². The van der Waals surface area contributed by atoms with E-state index in [0.29, 0.717) is 27.8 Å². The highest BCUT2D eigenvalue weighted by molar-refractivity contribution is 7.99. The van der Waals surface area contributed by atoms with E-state index in [1.54, 1.807) is 23.9 Å². The summed E-state index contributed by atoms with van der Waals surface area (Å²) < 4.78 is 13.7. The monoisotopic (exact) mass is 329 g/mol. The van der Waals surface area contributed by atoms with Crippen LogP contribution in [-0.2, 0) is 6.42 Å². The van der Waals surface area contributed by atoms with Crippen LogP contribution in [0, 0.1) is 5.82 Å². The van der Waals surface area contributed by atoms with Gasteiger partial charge in [-0.15, -0.1) is 11.8 Å². The third-order valence-corrected chi connectivity index (χ3v) is 4.88. The van der Waals surface area contributed by atoms with Gasteiger partial charge in [0.25, 0.3) is 0 Å². The van der Waals surface area contributed by atoms with Gasteiger partial charge in [-0.2, -0.15) is 0 Å². The molecule has 0 radical (unpaired) electrons. The zero-order valence-electron chi connectivity index (χ0n) is 10.7. The van der Waals surface area contributed by atoms with Crippen molar-refractivity contribution in [3.05, 3.63) is 63.9 Å². The van der Waals surface area contributed by atoms with Gasteiger partial charge in [0.1, 0.15) is 5.82 Å². The van der Waals surface area contributed by atoms with Crippen LogP contribution in [0.3, 0.4) is 0 Å². The highest BCUT2D eigenvalue weighted by Crippen LogP contribution is 2.28. The molecule has 2 rings (SSSR count). The molecule has 0 heterocycles. The Morgan fingerprint density at radius 3 is 2.45 bits per heavy atom. The molecule has 0 fully saturated rings. The summed E-state index contributed by atoms with van der Waals surface area (Å²) in [6.45, 7) is 0. The van der Waals surface area contributed by atoms with E-state index in [-0.39, 0.29) is 11.9 Å². The summed E-state index contributed by atoms with van der Waals surface area (Å²) in [6, 6.07) is 12.1. The molecule has 106 valence electrons.